The minimum Gasteiger partial charge on any atom is -0.379 e. The lowest BCUT2D eigenvalue weighted by molar-refractivity contribution is 0.597. The first-order chi connectivity index (χ1) is 11.1. The van der Waals surface area contributed by atoms with E-state index in [-0.39, 0.29) is 5.25 Å². The highest BCUT2D eigenvalue weighted by atomic mass is 35.5. The van der Waals surface area contributed by atoms with Crippen molar-refractivity contribution in [2.45, 2.75) is 25.5 Å². The van der Waals surface area contributed by atoms with Crippen LogP contribution in [0.5, 0.6) is 0 Å². The third-order valence-electron chi connectivity index (χ3n) is 3.49. The molecule has 0 aliphatic heterocycles. The highest BCUT2D eigenvalue weighted by Crippen LogP contribution is 2.36. The van der Waals surface area contributed by atoms with Gasteiger partial charge in [-0.3, -0.25) is 4.99 Å². The molecule has 2 aromatic rings. The van der Waals surface area contributed by atoms with Gasteiger partial charge in [0.25, 0.3) is 0 Å². The van der Waals surface area contributed by atoms with Crippen LogP contribution in [0.2, 0.25) is 5.02 Å². The van der Waals surface area contributed by atoms with Crippen molar-refractivity contribution in [2.75, 3.05) is 6.54 Å². The molecule has 23 heavy (non-hydrogen) atoms. The number of thioether (sulfide) groups is 1. The average Bonchev–Trinajstić information content (AvgIpc) is 2.54. The van der Waals surface area contributed by atoms with Crippen LogP contribution in [-0.2, 0) is 0 Å². The molecule has 0 saturated heterocycles. The van der Waals surface area contributed by atoms with Gasteiger partial charge in [0.1, 0.15) is 0 Å². The summed E-state index contributed by atoms with van der Waals surface area (Å²) >= 11 is 7.60. The van der Waals surface area contributed by atoms with Crippen LogP contribution < -0.4 is 5.73 Å². The van der Waals surface area contributed by atoms with E-state index in [1.54, 1.807) is 11.8 Å². The van der Waals surface area contributed by atoms with Crippen molar-refractivity contribution in [1.82, 2.24) is 0 Å². The van der Waals surface area contributed by atoms with Gasteiger partial charge in [0.2, 0.25) is 0 Å². The zero-order chi connectivity index (χ0) is 16.7. The predicted molar refractivity (Wildman–Crippen MR) is 103 cm³/mol. The molecule has 0 fully saturated rings. The standard InChI is InChI=1S/C19H23ClN2S/c1-14(2)12-13-22-19(21)23-18(15-6-4-3-5-7-15)16-8-10-17(20)11-9-16/h3-11,14,18H,12-13H2,1-2H3,(H2,21,22)/t18-/m0/s1. The molecule has 0 spiro atoms. The third-order valence-corrected chi connectivity index (χ3v) is 4.89. The number of aliphatic imine (C=N–C) groups is 1. The van der Waals surface area contributed by atoms with Crippen molar-refractivity contribution in [2.24, 2.45) is 16.6 Å². The van der Waals surface area contributed by atoms with Gasteiger partial charge in [0.15, 0.2) is 5.17 Å². The summed E-state index contributed by atoms with van der Waals surface area (Å²) < 4.78 is 0. The highest BCUT2D eigenvalue weighted by molar-refractivity contribution is 8.14. The van der Waals surface area contributed by atoms with Crippen LogP contribution in [-0.4, -0.2) is 11.7 Å². The number of halogens is 1. The Balaban J connectivity index is 2.19. The second-order valence-electron chi connectivity index (χ2n) is 5.86. The van der Waals surface area contributed by atoms with Gasteiger partial charge < -0.3 is 5.73 Å². The molecule has 2 rings (SSSR count). The molecule has 0 bridgehead atoms. The molecule has 0 aliphatic rings. The molecule has 0 unspecified atom stereocenters. The summed E-state index contributed by atoms with van der Waals surface area (Å²) in [5.41, 5.74) is 8.54. The largest absolute Gasteiger partial charge is 0.379 e. The van der Waals surface area contributed by atoms with Crippen LogP contribution >= 0.6 is 23.4 Å². The van der Waals surface area contributed by atoms with Crippen molar-refractivity contribution in [3.05, 3.63) is 70.7 Å². The van der Waals surface area contributed by atoms with Crippen LogP contribution in [0.1, 0.15) is 36.6 Å². The van der Waals surface area contributed by atoms with Gasteiger partial charge >= 0.3 is 0 Å². The van der Waals surface area contributed by atoms with E-state index in [0.717, 1.165) is 18.0 Å². The van der Waals surface area contributed by atoms with Crippen LogP contribution in [0.3, 0.4) is 0 Å². The molecule has 0 aliphatic carbocycles. The molecule has 0 heterocycles. The van der Waals surface area contributed by atoms with Crippen LogP contribution in [0.15, 0.2) is 59.6 Å². The van der Waals surface area contributed by atoms with E-state index in [0.29, 0.717) is 11.1 Å². The van der Waals surface area contributed by atoms with Gasteiger partial charge in [-0.15, -0.1) is 0 Å². The molecule has 4 heteroatoms. The quantitative estimate of drug-likeness (QED) is 0.552. The molecule has 2 nitrogen and oxygen atoms in total. The van der Waals surface area contributed by atoms with E-state index in [2.05, 4.69) is 31.0 Å². The first kappa shape index (κ1) is 17.9. The number of hydrogen-bond acceptors (Lipinski definition) is 2. The molecular weight excluding hydrogens is 324 g/mol. The zero-order valence-corrected chi connectivity index (χ0v) is 15.1. The van der Waals surface area contributed by atoms with Crippen molar-refractivity contribution in [1.29, 1.82) is 0 Å². The summed E-state index contributed by atoms with van der Waals surface area (Å²) in [6, 6.07) is 18.3. The summed E-state index contributed by atoms with van der Waals surface area (Å²) in [5, 5.41) is 1.50. The van der Waals surface area contributed by atoms with Gasteiger partial charge in [0.05, 0.1) is 5.25 Å². The zero-order valence-electron chi connectivity index (χ0n) is 13.6. The van der Waals surface area contributed by atoms with E-state index in [1.165, 1.54) is 11.1 Å². The second-order valence-corrected chi connectivity index (χ2v) is 7.42. The van der Waals surface area contributed by atoms with Crippen molar-refractivity contribution < 1.29 is 0 Å². The molecule has 122 valence electrons. The van der Waals surface area contributed by atoms with Gasteiger partial charge in [-0.2, -0.15) is 0 Å². The van der Waals surface area contributed by atoms with Crippen molar-refractivity contribution >= 4 is 28.5 Å². The lowest BCUT2D eigenvalue weighted by Gasteiger charge is -2.17. The van der Waals surface area contributed by atoms with E-state index in [9.17, 15) is 0 Å². The molecule has 1 atom stereocenters. The SMILES string of the molecule is CC(C)CCN=C(N)S[C@@H](c1ccccc1)c1ccc(Cl)cc1. The van der Waals surface area contributed by atoms with E-state index in [1.807, 2.05) is 42.5 Å². The number of amidine groups is 1. The fourth-order valence-corrected chi connectivity index (χ4v) is 3.30. The Bertz CT molecular complexity index is 624. The first-order valence-corrected chi connectivity index (χ1v) is 9.09. The minimum absolute atomic E-state index is 0.122. The fraction of sp³-hybridized carbons (Fsp3) is 0.316. The van der Waals surface area contributed by atoms with Crippen molar-refractivity contribution in [3.63, 3.8) is 0 Å². The lowest BCUT2D eigenvalue weighted by atomic mass is 10.0. The predicted octanol–water partition coefficient (Wildman–Crippen LogP) is 5.52. The lowest BCUT2D eigenvalue weighted by Crippen LogP contribution is -2.12. The monoisotopic (exact) mass is 346 g/mol. The summed E-state index contributed by atoms with van der Waals surface area (Å²) in [7, 11) is 0. The maximum Gasteiger partial charge on any atom is 0.154 e. The van der Waals surface area contributed by atoms with Crippen LogP contribution in [0.4, 0.5) is 0 Å². The Hall–Kier alpha value is -1.45. The normalized spacial score (nSPS) is 13.3. The topological polar surface area (TPSA) is 38.4 Å². The number of nitrogens with zero attached hydrogens (tertiary/aromatic N) is 1. The summed E-state index contributed by atoms with van der Waals surface area (Å²) in [4.78, 5) is 4.50. The van der Waals surface area contributed by atoms with Crippen LogP contribution in [0.25, 0.3) is 0 Å². The maximum absolute atomic E-state index is 6.15. The average molecular weight is 347 g/mol. The summed E-state index contributed by atoms with van der Waals surface area (Å²) in [6.07, 6.45) is 1.05. The van der Waals surface area contributed by atoms with Gasteiger partial charge in [0, 0.05) is 11.6 Å². The maximum atomic E-state index is 6.15. The number of benzene rings is 2. The van der Waals surface area contributed by atoms with E-state index >= 15 is 0 Å². The molecule has 0 saturated carbocycles. The van der Waals surface area contributed by atoms with E-state index < -0.39 is 0 Å². The van der Waals surface area contributed by atoms with Crippen LogP contribution in [0, 0.1) is 5.92 Å². The molecule has 0 amide bonds. The summed E-state index contributed by atoms with van der Waals surface area (Å²) in [5.74, 6) is 0.637. The fourth-order valence-electron chi connectivity index (χ4n) is 2.18. The molecule has 0 radical (unpaired) electrons. The number of rotatable bonds is 6. The molecule has 0 aromatic heterocycles. The Morgan fingerprint density at radius 3 is 2.26 bits per heavy atom. The third kappa shape index (κ3) is 5.92. The minimum atomic E-state index is 0.122. The Morgan fingerprint density at radius 1 is 1.04 bits per heavy atom. The number of nitrogens with two attached hydrogens (primary N) is 1. The van der Waals surface area contributed by atoms with Gasteiger partial charge in [-0.25, -0.2) is 0 Å². The second kappa shape index (κ2) is 8.99. The van der Waals surface area contributed by atoms with Gasteiger partial charge in [-0.05, 0) is 35.6 Å². The molecule has 2 aromatic carbocycles. The van der Waals surface area contributed by atoms with Crippen molar-refractivity contribution in [3.8, 4) is 0 Å². The smallest absolute Gasteiger partial charge is 0.154 e. The Labute approximate surface area is 148 Å². The molecule has 2 N–H and O–H groups in total. The number of hydrogen-bond donors (Lipinski definition) is 1. The van der Waals surface area contributed by atoms with Gasteiger partial charge in [-0.1, -0.05) is 79.7 Å². The highest BCUT2D eigenvalue weighted by Gasteiger charge is 2.16. The first-order valence-electron chi connectivity index (χ1n) is 7.83. The Morgan fingerprint density at radius 2 is 1.65 bits per heavy atom. The van der Waals surface area contributed by atoms with E-state index in [4.69, 9.17) is 17.3 Å². The summed E-state index contributed by atoms with van der Waals surface area (Å²) in [6.45, 7) is 5.16. The Kier molecular flexibility index (Phi) is 7.00. The molecular formula is C19H23ClN2S.